The standard InChI is InChI=1S/C11H11NO2S2/c1-9-7-8-11(15-9)16(13,14)12-10-5-3-2-4-6-10/h2-8,12H,1H3. The molecular weight excluding hydrogens is 242 g/mol. The molecule has 0 aliphatic heterocycles. The van der Waals surface area contributed by atoms with Crippen LogP contribution in [0.2, 0.25) is 0 Å². The van der Waals surface area contributed by atoms with Crippen LogP contribution in [0.5, 0.6) is 0 Å². The summed E-state index contributed by atoms with van der Waals surface area (Å²) in [6, 6.07) is 12.3. The maximum atomic E-state index is 11.9. The number of thiophene rings is 1. The van der Waals surface area contributed by atoms with E-state index in [4.69, 9.17) is 0 Å². The molecule has 2 aromatic rings. The molecule has 1 N–H and O–H groups in total. The summed E-state index contributed by atoms with van der Waals surface area (Å²) in [5.41, 5.74) is 0.577. The van der Waals surface area contributed by atoms with E-state index in [1.807, 2.05) is 13.0 Å². The second kappa shape index (κ2) is 4.27. The van der Waals surface area contributed by atoms with E-state index in [0.29, 0.717) is 9.90 Å². The first-order valence-electron chi connectivity index (χ1n) is 4.72. The Labute approximate surface area is 98.8 Å². The van der Waals surface area contributed by atoms with Gasteiger partial charge >= 0.3 is 0 Å². The van der Waals surface area contributed by atoms with Gasteiger partial charge in [0, 0.05) is 10.6 Å². The molecule has 84 valence electrons. The molecular formula is C11H11NO2S2. The Morgan fingerprint density at radius 1 is 1.06 bits per heavy atom. The highest BCUT2D eigenvalue weighted by molar-refractivity contribution is 7.94. The summed E-state index contributed by atoms with van der Waals surface area (Å²) in [6.07, 6.45) is 0. The normalized spacial score (nSPS) is 11.3. The largest absolute Gasteiger partial charge is 0.279 e. The highest BCUT2D eigenvalue weighted by Crippen LogP contribution is 2.23. The third-order valence-electron chi connectivity index (χ3n) is 2.01. The van der Waals surface area contributed by atoms with Crippen molar-refractivity contribution in [1.29, 1.82) is 0 Å². The minimum Gasteiger partial charge on any atom is -0.279 e. The van der Waals surface area contributed by atoms with Crippen LogP contribution in [0, 0.1) is 6.92 Å². The van der Waals surface area contributed by atoms with Crippen molar-refractivity contribution in [3.63, 3.8) is 0 Å². The van der Waals surface area contributed by atoms with E-state index in [0.717, 1.165) is 4.88 Å². The van der Waals surface area contributed by atoms with Gasteiger partial charge in [-0.25, -0.2) is 8.42 Å². The Bertz CT molecular complexity index is 573. The van der Waals surface area contributed by atoms with Gasteiger partial charge in [0.1, 0.15) is 4.21 Å². The number of rotatable bonds is 3. The molecule has 0 saturated carbocycles. The molecule has 16 heavy (non-hydrogen) atoms. The van der Waals surface area contributed by atoms with Crippen LogP contribution < -0.4 is 4.72 Å². The average molecular weight is 253 g/mol. The van der Waals surface area contributed by atoms with E-state index < -0.39 is 10.0 Å². The molecule has 1 heterocycles. The van der Waals surface area contributed by atoms with Crippen LogP contribution in [0.15, 0.2) is 46.7 Å². The topological polar surface area (TPSA) is 46.2 Å². The summed E-state index contributed by atoms with van der Waals surface area (Å²) >= 11 is 1.26. The minimum absolute atomic E-state index is 0.342. The quantitative estimate of drug-likeness (QED) is 0.914. The number of hydrogen-bond acceptors (Lipinski definition) is 3. The monoisotopic (exact) mass is 253 g/mol. The zero-order valence-electron chi connectivity index (χ0n) is 8.67. The lowest BCUT2D eigenvalue weighted by atomic mass is 10.3. The molecule has 0 aliphatic carbocycles. The van der Waals surface area contributed by atoms with Gasteiger partial charge in [0.15, 0.2) is 0 Å². The highest BCUT2D eigenvalue weighted by atomic mass is 32.2. The number of nitrogens with one attached hydrogen (secondary N) is 1. The molecule has 2 rings (SSSR count). The zero-order valence-corrected chi connectivity index (χ0v) is 10.3. The molecule has 0 aliphatic rings. The van der Waals surface area contributed by atoms with Crippen LogP contribution in [-0.2, 0) is 10.0 Å². The summed E-state index contributed by atoms with van der Waals surface area (Å²) in [5, 5.41) is 0. The van der Waals surface area contributed by atoms with Crippen molar-refractivity contribution < 1.29 is 8.42 Å². The molecule has 0 unspecified atom stereocenters. The molecule has 1 aromatic carbocycles. The second-order valence-corrected chi connectivity index (χ2v) is 6.53. The lowest BCUT2D eigenvalue weighted by Crippen LogP contribution is -2.11. The van der Waals surface area contributed by atoms with Crippen molar-refractivity contribution in [2.45, 2.75) is 11.1 Å². The van der Waals surface area contributed by atoms with Crippen molar-refractivity contribution >= 4 is 27.0 Å². The van der Waals surface area contributed by atoms with Gasteiger partial charge in [-0.05, 0) is 31.2 Å². The molecule has 0 spiro atoms. The van der Waals surface area contributed by atoms with Crippen molar-refractivity contribution in [3.05, 3.63) is 47.3 Å². The SMILES string of the molecule is Cc1ccc(S(=O)(=O)Nc2ccccc2)s1. The fraction of sp³-hybridized carbons (Fsp3) is 0.0909. The number of sulfonamides is 1. The van der Waals surface area contributed by atoms with Crippen molar-refractivity contribution in [1.82, 2.24) is 0 Å². The van der Waals surface area contributed by atoms with Crippen molar-refractivity contribution in [2.24, 2.45) is 0 Å². The average Bonchev–Trinajstić information content (AvgIpc) is 2.66. The molecule has 0 fully saturated rings. The summed E-state index contributed by atoms with van der Waals surface area (Å²) in [6.45, 7) is 1.88. The van der Waals surface area contributed by atoms with E-state index in [1.54, 1.807) is 36.4 Å². The molecule has 0 atom stereocenters. The minimum atomic E-state index is -3.42. The smallest absolute Gasteiger partial charge is 0.271 e. The van der Waals surface area contributed by atoms with Crippen LogP contribution in [0.4, 0.5) is 5.69 Å². The number of aryl methyl sites for hydroxylation is 1. The lowest BCUT2D eigenvalue weighted by molar-refractivity contribution is 0.603. The van der Waals surface area contributed by atoms with Gasteiger partial charge in [-0.2, -0.15) is 0 Å². The Morgan fingerprint density at radius 2 is 1.75 bits per heavy atom. The third kappa shape index (κ3) is 2.43. The molecule has 5 heteroatoms. The molecule has 0 amide bonds. The van der Waals surface area contributed by atoms with Gasteiger partial charge < -0.3 is 0 Å². The zero-order chi connectivity index (χ0) is 11.6. The number of anilines is 1. The molecule has 0 saturated heterocycles. The predicted octanol–water partition coefficient (Wildman–Crippen LogP) is 2.86. The fourth-order valence-corrected chi connectivity index (χ4v) is 3.61. The summed E-state index contributed by atoms with van der Waals surface area (Å²) in [7, 11) is -3.42. The summed E-state index contributed by atoms with van der Waals surface area (Å²) < 4.78 is 26.7. The predicted molar refractivity (Wildman–Crippen MR) is 66.3 cm³/mol. The number of para-hydroxylation sites is 1. The lowest BCUT2D eigenvalue weighted by Gasteiger charge is -2.05. The van der Waals surface area contributed by atoms with Crippen LogP contribution >= 0.6 is 11.3 Å². The van der Waals surface area contributed by atoms with Gasteiger partial charge in [-0.1, -0.05) is 18.2 Å². The van der Waals surface area contributed by atoms with E-state index in [9.17, 15) is 8.42 Å². The van der Waals surface area contributed by atoms with Gasteiger partial charge in [0.05, 0.1) is 0 Å². The summed E-state index contributed by atoms with van der Waals surface area (Å²) in [4.78, 5) is 0.980. The first kappa shape index (κ1) is 11.2. The molecule has 0 radical (unpaired) electrons. The van der Waals surface area contributed by atoms with E-state index in [2.05, 4.69) is 4.72 Å². The van der Waals surface area contributed by atoms with E-state index in [-0.39, 0.29) is 0 Å². The van der Waals surface area contributed by atoms with Crippen LogP contribution in [0.1, 0.15) is 4.88 Å². The Hall–Kier alpha value is -1.33. The molecule has 3 nitrogen and oxygen atoms in total. The molecule has 1 aromatic heterocycles. The highest BCUT2D eigenvalue weighted by Gasteiger charge is 2.15. The Balaban J connectivity index is 2.28. The maximum Gasteiger partial charge on any atom is 0.271 e. The maximum absolute atomic E-state index is 11.9. The van der Waals surface area contributed by atoms with E-state index in [1.165, 1.54) is 11.3 Å². The third-order valence-corrected chi connectivity index (χ3v) is 4.88. The van der Waals surface area contributed by atoms with Gasteiger partial charge in [0.25, 0.3) is 10.0 Å². The van der Waals surface area contributed by atoms with Crippen LogP contribution in [-0.4, -0.2) is 8.42 Å². The second-order valence-electron chi connectivity index (χ2n) is 3.34. The Kier molecular flexibility index (Phi) is 2.98. The Morgan fingerprint density at radius 3 is 2.31 bits per heavy atom. The van der Waals surface area contributed by atoms with Crippen LogP contribution in [0.3, 0.4) is 0 Å². The van der Waals surface area contributed by atoms with Crippen molar-refractivity contribution in [2.75, 3.05) is 4.72 Å². The number of benzene rings is 1. The van der Waals surface area contributed by atoms with E-state index >= 15 is 0 Å². The van der Waals surface area contributed by atoms with Crippen LogP contribution in [0.25, 0.3) is 0 Å². The molecule has 0 bridgehead atoms. The number of hydrogen-bond donors (Lipinski definition) is 1. The van der Waals surface area contributed by atoms with Gasteiger partial charge in [0.2, 0.25) is 0 Å². The van der Waals surface area contributed by atoms with Gasteiger partial charge in [-0.3, -0.25) is 4.72 Å². The van der Waals surface area contributed by atoms with Gasteiger partial charge in [-0.15, -0.1) is 11.3 Å². The fourth-order valence-electron chi connectivity index (χ4n) is 1.27. The summed E-state index contributed by atoms with van der Waals surface area (Å²) in [5.74, 6) is 0. The first-order valence-corrected chi connectivity index (χ1v) is 7.02. The first-order chi connectivity index (χ1) is 7.58. The van der Waals surface area contributed by atoms with Crippen molar-refractivity contribution in [3.8, 4) is 0 Å².